The van der Waals surface area contributed by atoms with Crippen molar-refractivity contribution >= 4 is 39.3 Å². The maximum atomic E-state index is 12.4. The number of amides is 1. The molecule has 0 spiro atoms. The SMILES string of the molecule is NC(=O)c1cccc2c1c1[c]cc(-c3ccc(Cl)cc3)cc1n2Cc1ccccc1OCc1ccccc1. The van der Waals surface area contributed by atoms with Crippen LogP contribution in [0.2, 0.25) is 5.02 Å². The second-order valence-electron chi connectivity index (χ2n) is 9.19. The fourth-order valence-corrected chi connectivity index (χ4v) is 5.05. The van der Waals surface area contributed by atoms with Crippen LogP contribution in [0, 0.1) is 6.07 Å². The van der Waals surface area contributed by atoms with E-state index in [1.165, 1.54) is 0 Å². The van der Waals surface area contributed by atoms with Gasteiger partial charge in [0.1, 0.15) is 12.4 Å². The third-order valence-corrected chi connectivity index (χ3v) is 7.03. The number of benzene rings is 5. The molecule has 185 valence electrons. The van der Waals surface area contributed by atoms with E-state index in [-0.39, 0.29) is 0 Å². The maximum Gasteiger partial charge on any atom is 0.249 e. The van der Waals surface area contributed by atoms with Crippen molar-refractivity contribution < 1.29 is 9.53 Å². The average Bonchev–Trinajstić information content (AvgIpc) is 3.26. The van der Waals surface area contributed by atoms with Gasteiger partial charge in [-0.05, 0) is 65.2 Å². The third kappa shape index (κ3) is 4.51. The fraction of sp³-hybridized carbons (Fsp3) is 0.0606. The van der Waals surface area contributed by atoms with Crippen LogP contribution in [-0.2, 0) is 13.2 Å². The number of ether oxygens (including phenoxy) is 1. The largest absolute Gasteiger partial charge is 0.489 e. The van der Waals surface area contributed by atoms with Crippen molar-refractivity contribution in [2.75, 3.05) is 0 Å². The average molecular weight is 516 g/mol. The summed E-state index contributed by atoms with van der Waals surface area (Å²) in [5, 5.41) is 2.35. The van der Waals surface area contributed by atoms with Crippen LogP contribution in [0.1, 0.15) is 21.5 Å². The molecule has 38 heavy (non-hydrogen) atoms. The van der Waals surface area contributed by atoms with Gasteiger partial charge in [0.15, 0.2) is 0 Å². The van der Waals surface area contributed by atoms with E-state index in [2.05, 4.69) is 34.9 Å². The van der Waals surface area contributed by atoms with Gasteiger partial charge in [-0.3, -0.25) is 4.79 Å². The minimum Gasteiger partial charge on any atom is -0.489 e. The molecular formula is C33H24ClN2O2. The number of nitrogens with zero attached hydrogens (tertiary/aromatic N) is 1. The highest BCUT2D eigenvalue weighted by Crippen LogP contribution is 2.36. The molecular weight excluding hydrogens is 492 g/mol. The summed E-state index contributed by atoms with van der Waals surface area (Å²) >= 11 is 6.12. The number of primary amides is 1. The lowest BCUT2D eigenvalue weighted by Gasteiger charge is -2.14. The van der Waals surface area contributed by atoms with Gasteiger partial charge in [-0.2, -0.15) is 0 Å². The fourth-order valence-electron chi connectivity index (χ4n) is 4.92. The van der Waals surface area contributed by atoms with Crippen molar-refractivity contribution in [1.82, 2.24) is 4.57 Å². The van der Waals surface area contributed by atoms with Gasteiger partial charge in [0.2, 0.25) is 5.91 Å². The highest BCUT2D eigenvalue weighted by Gasteiger charge is 2.18. The summed E-state index contributed by atoms with van der Waals surface area (Å²) in [5.41, 5.74) is 12.3. The Kier molecular flexibility index (Phi) is 6.32. The number of para-hydroxylation sites is 1. The molecule has 1 radical (unpaired) electrons. The topological polar surface area (TPSA) is 57.2 Å². The summed E-state index contributed by atoms with van der Waals surface area (Å²) in [6, 6.07) is 39.1. The van der Waals surface area contributed by atoms with Crippen LogP contribution in [0.5, 0.6) is 5.75 Å². The van der Waals surface area contributed by atoms with Gasteiger partial charge in [-0.1, -0.05) is 78.3 Å². The summed E-state index contributed by atoms with van der Waals surface area (Å²) in [6.07, 6.45) is 0. The van der Waals surface area contributed by atoms with Crippen molar-refractivity contribution in [3.63, 3.8) is 0 Å². The number of halogens is 1. The van der Waals surface area contributed by atoms with Gasteiger partial charge in [0, 0.05) is 26.9 Å². The number of aromatic nitrogens is 1. The Hall–Kier alpha value is -4.54. The van der Waals surface area contributed by atoms with E-state index < -0.39 is 5.91 Å². The van der Waals surface area contributed by atoms with Crippen LogP contribution in [0.25, 0.3) is 32.9 Å². The number of hydrogen-bond donors (Lipinski definition) is 1. The number of carbonyl (C=O) groups excluding carboxylic acids is 1. The number of fused-ring (bicyclic) bond motifs is 3. The molecule has 6 rings (SSSR count). The summed E-state index contributed by atoms with van der Waals surface area (Å²) in [6.45, 7) is 1.02. The van der Waals surface area contributed by atoms with Gasteiger partial charge >= 0.3 is 0 Å². The van der Waals surface area contributed by atoms with Crippen molar-refractivity contribution in [2.24, 2.45) is 5.73 Å². The molecule has 4 nitrogen and oxygen atoms in total. The molecule has 0 atom stereocenters. The number of rotatable bonds is 7. The molecule has 2 N–H and O–H groups in total. The van der Waals surface area contributed by atoms with E-state index in [1.807, 2.05) is 78.9 Å². The Bertz CT molecular complexity index is 1770. The lowest BCUT2D eigenvalue weighted by Crippen LogP contribution is -2.11. The van der Waals surface area contributed by atoms with E-state index in [1.54, 1.807) is 6.07 Å². The first kappa shape index (κ1) is 23.8. The lowest BCUT2D eigenvalue weighted by atomic mass is 10.0. The Morgan fingerprint density at radius 3 is 2.39 bits per heavy atom. The molecule has 1 heterocycles. The van der Waals surface area contributed by atoms with E-state index in [0.29, 0.717) is 23.7 Å². The first-order valence-corrected chi connectivity index (χ1v) is 12.7. The van der Waals surface area contributed by atoms with Crippen molar-refractivity contribution in [3.8, 4) is 16.9 Å². The first-order valence-electron chi connectivity index (χ1n) is 12.4. The molecule has 0 aliphatic carbocycles. The van der Waals surface area contributed by atoms with E-state index in [0.717, 1.165) is 49.8 Å². The van der Waals surface area contributed by atoms with Gasteiger partial charge < -0.3 is 15.0 Å². The molecule has 0 saturated carbocycles. The Balaban J connectivity index is 1.49. The molecule has 1 aromatic heterocycles. The van der Waals surface area contributed by atoms with Crippen molar-refractivity contribution in [3.05, 3.63) is 137 Å². The first-order chi connectivity index (χ1) is 18.6. The van der Waals surface area contributed by atoms with E-state index in [9.17, 15) is 4.79 Å². The summed E-state index contributed by atoms with van der Waals surface area (Å²) in [5.74, 6) is 0.353. The quantitative estimate of drug-likeness (QED) is 0.237. The predicted octanol–water partition coefficient (Wildman–Crippen LogP) is 7.64. The van der Waals surface area contributed by atoms with E-state index >= 15 is 0 Å². The molecule has 0 unspecified atom stereocenters. The minimum atomic E-state index is -0.462. The van der Waals surface area contributed by atoms with Gasteiger partial charge in [0.25, 0.3) is 0 Å². The molecule has 0 fully saturated rings. The predicted molar refractivity (Wildman–Crippen MR) is 154 cm³/mol. The molecule has 1 amide bonds. The Morgan fingerprint density at radius 1 is 0.842 bits per heavy atom. The van der Waals surface area contributed by atoms with Crippen LogP contribution in [-0.4, -0.2) is 10.5 Å². The number of nitrogens with two attached hydrogens (primary N) is 1. The van der Waals surface area contributed by atoms with Crippen molar-refractivity contribution in [2.45, 2.75) is 13.2 Å². The Labute approximate surface area is 225 Å². The standard InChI is InChI=1S/C33H24ClN2O2/c34-26-16-13-23(14-17-26)24-15-18-27-30(19-24)36(29-11-6-10-28(32(27)29)33(35)37)20-25-9-4-5-12-31(25)38-21-22-7-2-1-3-8-22/h1-17,19H,20-21H2,(H2,35,37). The zero-order valence-electron chi connectivity index (χ0n) is 20.5. The summed E-state index contributed by atoms with van der Waals surface area (Å²) < 4.78 is 8.46. The minimum absolute atomic E-state index is 0.462. The molecule has 0 aliphatic heterocycles. The van der Waals surface area contributed by atoms with Crippen LogP contribution in [0.4, 0.5) is 0 Å². The van der Waals surface area contributed by atoms with E-state index in [4.69, 9.17) is 22.1 Å². The van der Waals surface area contributed by atoms with Crippen LogP contribution in [0.15, 0.2) is 109 Å². The third-order valence-electron chi connectivity index (χ3n) is 6.78. The highest BCUT2D eigenvalue weighted by atomic mass is 35.5. The smallest absolute Gasteiger partial charge is 0.249 e. The van der Waals surface area contributed by atoms with Gasteiger partial charge in [0.05, 0.1) is 17.6 Å². The summed E-state index contributed by atoms with van der Waals surface area (Å²) in [7, 11) is 0. The lowest BCUT2D eigenvalue weighted by molar-refractivity contribution is 0.100. The molecule has 0 aliphatic rings. The second kappa shape index (κ2) is 10.1. The zero-order valence-corrected chi connectivity index (χ0v) is 21.3. The monoisotopic (exact) mass is 515 g/mol. The second-order valence-corrected chi connectivity index (χ2v) is 9.62. The molecule has 6 aromatic rings. The van der Waals surface area contributed by atoms with Crippen LogP contribution < -0.4 is 10.5 Å². The van der Waals surface area contributed by atoms with Crippen LogP contribution in [0.3, 0.4) is 0 Å². The molecule has 5 heteroatoms. The highest BCUT2D eigenvalue weighted by molar-refractivity contribution is 6.30. The zero-order chi connectivity index (χ0) is 26.1. The van der Waals surface area contributed by atoms with Gasteiger partial charge in [-0.25, -0.2) is 0 Å². The Morgan fingerprint density at radius 2 is 1.61 bits per heavy atom. The molecule has 5 aromatic carbocycles. The van der Waals surface area contributed by atoms with Crippen LogP contribution >= 0.6 is 11.6 Å². The number of hydrogen-bond acceptors (Lipinski definition) is 2. The van der Waals surface area contributed by atoms with Gasteiger partial charge in [-0.15, -0.1) is 0 Å². The summed E-state index contributed by atoms with van der Waals surface area (Å²) in [4.78, 5) is 12.4. The maximum absolute atomic E-state index is 12.4. The molecule has 0 bridgehead atoms. The normalized spacial score (nSPS) is 11.2. The molecule has 0 saturated heterocycles. The number of carbonyl (C=O) groups is 1. The van der Waals surface area contributed by atoms with Crippen molar-refractivity contribution in [1.29, 1.82) is 0 Å².